The summed E-state index contributed by atoms with van der Waals surface area (Å²) in [5.74, 6) is -0.0468. The van der Waals surface area contributed by atoms with Crippen molar-refractivity contribution in [3.8, 4) is 0 Å². The highest BCUT2D eigenvalue weighted by molar-refractivity contribution is 9.10. The zero-order valence-electron chi connectivity index (χ0n) is 5.60. The predicted molar refractivity (Wildman–Crippen MR) is 43.8 cm³/mol. The molecule has 1 aliphatic rings. The van der Waals surface area contributed by atoms with Gasteiger partial charge in [-0.3, -0.25) is 4.79 Å². The van der Waals surface area contributed by atoms with Crippen LogP contribution in [0.3, 0.4) is 0 Å². The fourth-order valence-corrected chi connectivity index (χ4v) is 1.49. The van der Waals surface area contributed by atoms with E-state index in [0.717, 1.165) is 4.60 Å². The van der Waals surface area contributed by atoms with Crippen LogP contribution in [0.1, 0.15) is 10.5 Å². The molecule has 2 N–H and O–H groups in total. The molecule has 2 heterocycles. The van der Waals surface area contributed by atoms with Gasteiger partial charge < -0.3 is 10.7 Å². The minimum Gasteiger partial charge on any atom is -0.332 e. The normalized spacial score (nSPS) is 15.2. The van der Waals surface area contributed by atoms with E-state index >= 15 is 0 Å². The predicted octanol–water partition coefficient (Wildman–Crippen LogP) is 0.495. The van der Waals surface area contributed by atoms with E-state index in [-0.39, 0.29) is 5.91 Å². The third-order valence-corrected chi connectivity index (χ3v) is 2.17. The fourth-order valence-electron chi connectivity index (χ4n) is 1.04. The first-order valence-electron chi connectivity index (χ1n) is 3.18. The monoisotopic (exact) mass is 215 g/mol. The quantitative estimate of drug-likeness (QED) is 0.663. The van der Waals surface area contributed by atoms with Crippen molar-refractivity contribution in [1.82, 2.24) is 9.99 Å². The number of carbonyl (C=O) groups is 1. The minimum atomic E-state index is -0.0468. The summed E-state index contributed by atoms with van der Waals surface area (Å²) in [5, 5.41) is 2.66. The second-order valence-electron chi connectivity index (χ2n) is 2.22. The molecule has 0 fully saturated rings. The van der Waals surface area contributed by atoms with Crippen LogP contribution in [0.2, 0.25) is 0 Å². The molecule has 0 radical (unpaired) electrons. The first-order chi connectivity index (χ1) is 5.29. The van der Waals surface area contributed by atoms with Gasteiger partial charge in [-0.25, -0.2) is 4.68 Å². The van der Waals surface area contributed by atoms with E-state index in [9.17, 15) is 4.79 Å². The van der Waals surface area contributed by atoms with Crippen LogP contribution < -0.4 is 10.7 Å². The largest absolute Gasteiger partial charge is 0.332 e. The van der Waals surface area contributed by atoms with Crippen LogP contribution >= 0.6 is 15.9 Å². The van der Waals surface area contributed by atoms with Gasteiger partial charge in [-0.2, -0.15) is 0 Å². The fraction of sp³-hybridized carbons (Fsp3) is 0.167. The third-order valence-electron chi connectivity index (χ3n) is 1.55. The smallest absolute Gasteiger partial charge is 0.271 e. The average molecular weight is 216 g/mol. The van der Waals surface area contributed by atoms with Crippen molar-refractivity contribution in [2.75, 3.05) is 12.1 Å². The van der Waals surface area contributed by atoms with Crippen LogP contribution in [0.4, 0.5) is 0 Å². The van der Waals surface area contributed by atoms with Crippen LogP contribution in [-0.4, -0.2) is 17.3 Å². The molecule has 5 heteroatoms. The number of aromatic nitrogens is 1. The zero-order valence-corrected chi connectivity index (χ0v) is 7.18. The molecule has 0 aromatic carbocycles. The summed E-state index contributed by atoms with van der Waals surface area (Å²) in [7, 11) is 0. The van der Waals surface area contributed by atoms with Gasteiger partial charge >= 0.3 is 0 Å². The molecule has 0 spiro atoms. The lowest BCUT2D eigenvalue weighted by molar-refractivity contribution is 0.0936. The van der Waals surface area contributed by atoms with Crippen LogP contribution in [0.15, 0.2) is 16.7 Å². The van der Waals surface area contributed by atoms with E-state index in [1.54, 1.807) is 10.7 Å². The summed E-state index contributed by atoms with van der Waals surface area (Å²) in [6.45, 7) is 0.471. The molecule has 0 saturated heterocycles. The zero-order chi connectivity index (χ0) is 7.84. The number of carbonyl (C=O) groups excluding carboxylic acids is 1. The van der Waals surface area contributed by atoms with Crippen molar-refractivity contribution in [2.45, 2.75) is 0 Å². The number of hydrogen-bond acceptors (Lipinski definition) is 2. The number of hydrogen-bond donors (Lipinski definition) is 2. The van der Waals surface area contributed by atoms with Gasteiger partial charge in [0.05, 0.1) is 0 Å². The Kier molecular flexibility index (Phi) is 1.38. The SMILES string of the molecule is O=C1NCNn2c(Br)ccc21. The molecular weight excluding hydrogens is 210 g/mol. The van der Waals surface area contributed by atoms with E-state index in [1.165, 1.54) is 0 Å². The first kappa shape index (κ1) is 6.72. The number of nitrogens with zero attached hydrogens (tertiary/aromatic N) is 1. The van der Waals surface area contributed by atoms with Crippen LogP contribution in [0, 0.1) is 0 Å². The van der Waals surface area contributed by atoms with Gasteiger partial charge in [0.15, 0.2) is 0 Å². The molecule has 4 nitrogen and oxygen atoms in total. The molecule has 1 aliphatic heterocycles. The number of halogens is 1. The second kappa shape index (κ2) is 2.27. The van der Waals surface area contributed by atoms with Crippen LogP contribution in [0.25, 0.3) is 0 Å². The van der Waals surface area contributed by atoms with Crippen molar-refractivity contribution in [1.29, 1.82) is 0 Å². The van der Waals surface area contributed by atoms with Gasteiger partial charge in [-0.15, -0.1) is 0 Å². The molecule has 0 atom stereocenters. The van der Waals surface area contributed by atoms with Gasteiger partial charge in [0, 0.05) is 0 Å². The van der Waals surface area contributed by atoms with Crippen molar-refractivity contribution in [3.05, 3.63) is 22.4 Å². The topological polar surface area (TPSA) is 46.1 Å². The van der Waals surface area contributed by atoms with E-state index in [2.05, 4.69) is 26.7 Å². The standard InChI is InChI=1S/C6H6BrN3O/c7-5-2-1-4-6(11)8-3-9-10(4)5/h1-2,9H,3H2,(H,8,11). The summed E-state index contributed by atoms with van der Waals surface area (Å²) in [6, 6.07) is 3.58. The van der Waals surface area contributed by atoms with Crippen LogP contribution in [0.5, 0.6) is 0 Å². The molecular formula is C6H6BrN3O. The Morgan fingerprint density at radius 2 is 2.36 bits per heavy atom. The maximum atomic E-state index is 11.1. The maximum absolute atomic E-state index is 11.1. The molecule has 1 amide bonds. The molecule has 2 rings (SSSR count). The summed E-state index contributed by atoms with van der Waals surface area (Å²) in [4.78, 5) is 11.1. The third kappa shape index (κ3) is 0.920. The molecule has 1 aromatic heterocycles. The summed E-state index contributed by atoms with van der Waals surface area (Å²) < 4.78 is 2.57. The lowest BCUT2D eigenvalue weighted by atomic mass is 10.4. The molecule has 0 aliphatic carbocycles. The van der Waals surface area contributed by atoms with E-state index in [0.29, 0.717) is 12.4 Å². The van der Waals surface area contributed by atoms with Crippen molar-refractivity contribution < 1.29 is 4.79 Å². The molecule has 11 heavy (non-hydrogen) atoms. The van der Waals surface area contributed by atoms with Gasteiger partial charge in [0.25, 0.3) is 5.91 Å². The van der Waals surface area contributed by atoms with Gasteiger partial charge in [0.1, 0.15) is 17.0 Å². The molecule has 0 saturated carbocycles. The number of amides is 1. The van der Waals surface area contributed by atoms with Gasteiger partial charge in [-0.05, 0) is 28.1 Å². The van der Waals surface area contributed by atoms with Crippen molar-refractivity contribution in [2.24, 2.45) is 0 Å². The molecule has 1 aromatic rings. The Balaban J connectivity index is 2.55. The highest BCUT2D eigenvalue weighted by atomic mass is 79.9. The molecule has 58 valence electrons. The molecule has 0 unspecified atom stereocenters. The second-order valence-corrected chi connectivity index (χ2v) is 3.03. The summed E-state index contributed by atoms with van der Waals surface area (Å²) >= 11 is 3.30. The Bertz CT molecular complexity index is 307. The molecule has 0 bridgehead atoms. The lowest BCUT2D eigenvalue weighted by Gasteiger charge is -2.18. The highest BCUT2D eigenvalue weighted by Gasteiger charge is 2.16. The first-order valence-corrected chi connectivity index (χ1v) is 3.97. The average Bonchev–Trinajstić information content (AvgIpc) is 2.35. The van der Waals surface area contributed by atoms with E-state index in [1.807, 2.05) is 6.07 Å². The summed E-state index contributed by atoms with van der Waals surface area (Å²) in [5.41, 5.74) is 3.61. The lowest BCUT2D eigenvalue weighted by Crippen LogP contribution is -2.41. The number of nitrogens with one attached hydrogen (secondary N) is 2. The minimum absolute atomic E-state index is 0.0468. The van der Waals surface area contributed by atoms with Crippen molar-refractivity contribution >= 4 is 21.8 Å². The Hall–Kier alpha value is -0.970. The Labute approximate surface area is 71.7 Å². The van der Waals surface area contributed by atoms with Crippen molar-refractivity contribution in [3.63, 3.8) is 0 Å². The van der Waals surface area contributed by atoms with E-state index in [4.69, 9.17) is 0 Å². The van der Waals surface area contributed by atoms with E-state index < -0.39 is 0 Å². The number of fused-ring (bicyclic) bond motifs is 1. The highest BCUT2D eigenvalue weighted by Crippen LogP contribution is 2.14. The Morgan fingerprint density at radius 3 is 3.09 bits per heavy atom. The van der Waals surface area contributed by atoms with Gasteiger partial charge in [0.2, 0.25) is 0 Å². The van der Waals surface area contributed by atoms with Crippen LogP contribution in [-0.2, 0) is 0 Å². The summed E-state index contributed by atoms with van der Waals surface area (Å²) in [6.07, 6.45) is 0. The van der Waals surface area contributed by atoms with Gasteiger partial charge in [-0.1, -0.05) is 0 Å². The number of rotatable bonds is 0. The Morgan fingerprint density at radius 1 is 1.55 bits per heavy atom. The maximum Gasteiger partial charge on any atom is 0.271 e.